The Hall–Kier alpha value is -1.15. The molecule has 2 atom stereocenters. The highest BCUT2D eigenvalue weighted by Crippen LogP contribution is 2.25. The molecule has 23 heavy (non-hydrogen) atoms. The fraction of sp³-hybridized carbons (Fsp3) is 0.533. The van der Waals surface area contributed by atoms with Crippen LogP contribution in [-0.4, -0.2) is 44.8 Å². The van der Waals surface area contributed by atoms with E-state index in [1.54, 1.807) is 0 Å². The fourth-order valence-electron chi connectivity index (χ4n) is 2.69. The zero-order valence-corrected chi connectivity index (χ0v) is 15.0. The smallest absolute Gasteiger partial charge is 0.251 e. The molecule has 2 unspecified atom stereocenters. The van der Waals surface area contributed by atoms with Gasteiger partial charge >= 0.3 is 0 Å². The van der Waals surface area contributed by atoms with E-state index in [1.165, 1.54) is 35.6 Å². The molecule has 8 heteroatoms. The Morgan fingerprint density at radius 3 is 2.48 bits per heavy atom. The first-order valence-electron chi connectivity index (χ1n) is 7.44. The number of sulfonamides is 1. The SMILES string of the molecule is CNC(=O)c1ccc(S(=O)(=O)N2CCCC(C(C)N)C2)cc1.Cl. The number of carbonyl (C=O) groups excluding carboxylic acids is 1. The third-order valence-electron chi connectivity index (χ3n) is 4.15. The van der Waals surface area contributed by atoms with Crippen LogP contribution in [0.1, 0.15) is 30.1 Å². The minimum atomic E-state index is -3.53. The first kappa shape index (κ1) is 19.9. The molecule has 0 aromatic heterocycles. The zero-order valence-electron chi connectivity index (χ0n) is 13.4. The predicted octanol–water partition coefficient (Wildman–Crippen LogP) is 1.22. The molecular formula is C15H24ClN3O3S. The van der Waals surface area contributed by atoms with Crippen molar-refractivity contribution in [3.05, 3.63) is 29.8 Å². The minimum absolute atomic E-state index is 0. The maximum atomic E-state index is 12.7. The number of piperidine rings is 1. The van der Waals surface area contributed by atoms with Crippen molar-refractivity contribution in [3.63, 3.8) is 0 Å². The van der Waals surface area contributed by atoms with Gasteiger partial charge in [0.25, 0.3) is 5.91 Å². The van der Waals surface area contributed by atoms with Crippen LogP contribution < -0.4 is 11.1 Å². The van der Waals surface area contributed by atoms with Gasteiger partial charge in [-0.15, -0.1) is 12.4 Å². The molecule has 1 aromatic carbocycles. The van der Waals surface area contributed by atoms with E-state index in [1.807, 2.05) is 6.92 Å². The number of amides is 1. The van der Waals surface area contributed by atoms with Crippen LogP contribution in [0.15, 0.2) is 29.2 Å². The van der Waals surface area contributed by atoms with Gasteiger partial charge in [-0.25, -0.2) is 8.42 Å². The van der Waals surface area contributed by atoms with Gasteiger partial charge in [-0.1, -0.05) is 0 Å². The molecule has 0 radical (unpaired) electrons. The van der Waals surface area contributed by atoms with Crippen molar-refractivity contribution in [3.8, 4) is 0 Å². The summed E-state index contributed by atoms with van der Waals surface area (Å²) in [5.41, 5.74) is 6.35. The van der Waals surface area contributed by atoms with Crippen LogP contribution in [0.25, 0.3) is 0 Å². The summed E-state index contributed by atoms with van der Waals surface area (Å²) < 4.78 is 26.9. The van der Waals surface area contributed by atoms with E-state index in [-0.39, 0.29) is 35.2 Å². The van der Waals surface area contributed by atoms with Crippen LogP contribution in [0.5, 0.6) is 0 Å². The van der Waals surface area contributed by atoms with Gasteiger partial charge in [-0.05, 0) is 49.9 Å². The largest absolute Gasteiger partial charge is 0.355 e. The van der Waals surface area contributed by atoms with Crippen LogP contribution in [0.3, 0.4) is 0 Å². The molecule has 130 valence electrons. The van der Waals surface area contributed by atoms with E-state index in [0.717, 1.165) is 12.8 Å². The Morgan fingerprint density at radius 2 is 1.96 bits per heavy atom. The highest BCUT2D eigenvalue weighted by molar-refractivity contribution is 7.89. The normalized spacial score (nSPS) is 20.4. The summed E-state index contributed by atoms with van der Waals surface area (Å²) in [5.74, 6) is -0.0485. The molecule has 1 amide bonds. The predicted molar refractivity (Wildman–Crippen MR) is 92.2 cm³/mol. The van der Waals surface area contributed by atoms with Crippen LogP contribution in [0.4, 0.5) is 0 Å². The molecule has 0 spiro atoms. The van der Waals surface area contributed by atoms with E-state index < -0.39 is 10.0 Å². The van der Waals surface area contributed by atoms with Crippen molar-refractivity contribution in [1.29, 1.82) is 0 Å². The van der Waals surface area contributed by atoms with Gasteiger partial charge in [0.15, 0.2) is 0 Å². The number of nitrogens with one attached hydrogen (secondary N) is 1. The lowest BCUT2D eigenvalue weighted by Crippen LogP contribution is -2.44. The lowest BCUT2D eigenvalue weighted by Gasteiger charge is -2.33. The number of carbonyl (C=O) groups is 1. The summed E-state index contributed by atoms with van der Waals surface area (Å²) >= 11 is 0. The molecule has 0 saturated carbocycles. The van der Waals surface area contributed by atoms with Crippen molar-refractivity contribution in [2.75, 3.05) is 20.1 Å². The number of hydrogen-bond acceptors (Lipinski definition) is 4. The van der Waals surface area contributed by atoms with Crippen LogP contribution in [0.2, 0.25) is 0 Å². The number of benzene rings is 1. The third kappa shape index (κ3) is 4.44. The summed E-state index contributed by atoms with van der Waals surface area (Å²) in [6, 6.07) is 6.00. The molecular weight excluding hydrogens is 338 g/mol. The minimum Gasteiger partial charge on any atom is -0.355 e. The summed E-state index contributed by atoms with van der Waals surface area (Å²) in [6.07, 6.45) is 1.78. The van der Waals surface area contributed by atoms with Gasteiger partial charge in [-0.3, -0.25) is 4.79 Å². The fourth-order valence-corrected chi connectivity index (χ4v) is 4.23. The van der Waals surface area contributed by atoms with Gasteiger partial charge in [0.05, 0.1) is 4.90 Å². The topological polar surface area (TPSA) is 92.5 Å². The third-order valence-corrected chi connectivity index (χ3v) is 6.02. The number of nitrogens with two attached hydrogens (primary N) is 1. The van der Waals surface area contributed by atoms with Gasteiger partial charge in [-0.2, -0.15) is 4.31 Å². The molecule has 1 saturated heterocycles. The Kier molecular flexibility index (Phi) is 7.01. The maximum Gasteiger partial charge on any atom is 0.251 e. The Bertz CT molecular complexity index is 632. The molecule has 2 rings (SSSR count). The van der Waals surface area contributed by atoms with E-state index in [4.69, 9.17) is 5.73 Å². The quantitative estimate of drug-likeness (QED) is 0.843. The van der Waals surface area contributed by atoms with Crippen molar-refractivity contribution in [2.24, 2.45) is 11.7 Å². The van der Waals surface area contributed by atoms with Crippen LogP contribution in [-0.2, 0) is 10.0 Å². The molecule has 0 aliphatic carbocycles. The molecule has 0 bridgehead atoms. The van der Waals surface area contributed by atoms with E-state index in [9.17, 15) is 13.2 Å². The summed E-state index contributed by atoms with van der Waals surface area (Å²) in [5, 5.41) is 2.51. The first-order valence-corrected chi connectivity index (χ1v) is 8.88. The molecule has 1 fully saturated rings. The highest BCUT2D eigenvalue weighted by Gasteiger charge is 2.31. The van der Waals surface area contributed by atoms with Gasteiger partial charge in [0.1, 0.15) is 0 Å². The Labute approximate surface area is 143 Å². The van der Waals surface area contributed by atoms with E-state index in [2.05, 4.69) is 5.32 Å². The zero-order chi connectivity index (χ0) is 16.3. The number of rotatable bonds is 4. The lowest BCUT2D eigenvalue weighted by molar-refractivity contribution is 0.0963. The van der Waals surface area contributed by atoms with Crippen molar-refractivity contribution in [2.45, 2.75) is 30.7 Å². The Morgan fingerprint density at radius 1 is 1.35 bits per heavy atom. The summed E-state index contributed by atoms with van der Waals surface area (Å²) in [4.78, 5) is 11.7. The molecule has 3 N–H and O–H groups in total. The maximum absolute atomic E-state index is 12.7. The Balaban J connectivity index is 0.00000264. The lowest BCUT2D eigenvalue weighted by atomic mass is 9.93. The van der Waals surface area contributed by atoms with E-state index >= 15 is 0 Å². The average Bonchev–Trinajstić information content (AvgIpc) is 2.54. The van der Waals surface area contributed by atoms with Crippen LogP contribution >= 0.6 is 12.4 Å². The molecule has 1 aromatic rings. The van der Waals surface area contributed by atoms with Gasteiger partial charge in [0, 0.05) is 31.7 Å². The van der Waals surface area contributed by atoms with Crippen molar-refractivity contribution < 1.29 is 13.2 Å². The van der Waals surface area contributed by atoms with Crippen LogP contribution in [0, 0.1) is 5.92 Å². The second-order valence-corrected chi connectivity index (χ2v) is 7.67. The average molecular weight is 362 g/mol. The van der Waals surface area contributed by atoms with E-state index in [0.29, 0.717) is 18.7 Å². The summed E-state index contributed by atoms with van der Waals surface area (Å²) in [6.45, 7) is 2.89. The molecule has 1 heterocycles. The second kappa shape index (κ2) is 8.10. The monoisotopic (exact) mass is 361 g/mol. The molecule has 1 aliphatic rings. The standard InChI is InChI=1S/C15H23N3O3S.ClH/c1-11(16)13-4-3-9-18(10-13)22(20,21)14-7-5-12(6-8-14)15(19)17-2;/h5-8,11,13H,3-4,9-10,16H2,1-2H3,(H,17,19);1H. The molecule has 6 nitrogen and oxygen atoms in total. The number of halogens is 1. The highest BCUT2D eigenvalue weighted by atomic mass is 35.5. The van der Waals surface area contributed by atoms with Crippen molar-refractivity contribution in [1.82, 2.24) is 9.62 Å². The first-order chi connectivity index (χ1) is 10.4. The second-order valence-electron chi connectivity index (χ2n) is 5.73. The van der Waals surface area contributed by atoms with Gasteiger partial charge in [0.2, 0.25) is 10.0 Å². The number of nitrogens with zero attached hydrogens (tertiary/aromatic N) is 1. The summed E-state index contributed by atoms with van der Waals surface area (Å²) in [7, 11) is -2.00. The number of hydrogen-bond donors (Lipinski definition) is 2. The van der Waals surface area contributed by atoms with Crippen molar-refractivity contribution >= 4 is 28.3 Å². The molecule has 1 aliphatic heterocycles. The van der Waals surface area contributed by atoms with Gasteiger partial charge < -0.3 is 11.1 Å².